The predicted octanol–water partition coefficient (Wildman–Crippen LogP) is 1.50. The maximum atomic E-state index is 12.2. The molecule has 122 valence electrons. The molecule has 0 saturated carbocycles. The molecule has 1 aliphatic heterocycles. The highest BCUT2D eigenvalue weighted by molar-refractivity contribution is 7.10. The highest BCUT2D eigenvalue weighted by atomic mass is 32.1. The molecule has 1 N–H and O–H groups in total. The van der Waals surface area contributed by atoms with Gasteiger partial charge in [0.05, 0.1) is 11.6 Å². The number of hydrogen-bond donors (Lipinski definition) is 1. The minimum absolute atomic E-state index is 0.0243. The molecule has 0 atom stereocenters. The van der Waals surface area contributed by atoms with Gasteiger partial charge in [-0.1, -0.05) is 0 Å². The Bertz CT molecular complexity index is 854. The molecule has 3 aromatic rings. The van der Waals surface area contributed by atoms with Gasteiger partial charge in [0.15, 0.2) is 5.82 Å². The first-order valence-electron chi connectivity index (χ1n) is 7.50. The average Bonchev–Trinajstić information content (AvgIpc) is 3.18. The minimum atomic E-state index is -0.0458. The lowest BCUT2D eigenvalue weighted by Crippen LogP contribution is -2.52. The molecule has 3 aromatic heterocycles. The molecule has 1 fully saturated rings. The van der Waals surface area contributed by atoms with E-state index in [1.165, 1.54) is 17.9 Å². The van der Waals surface area contributed by atoms with E-state index >= 15 is 0 Å². The number of nitrogens with one attached hydrogen (secondary N) is 1. The van der Waals surface area contributed by atoms with Gasteiger partial charge in [0.2, 0.25) is 5.91 Å². The average molecular weight is 341 g/mol. The van der Waals surface area contributed by atoms with Gasteiger partial charge >= 0.3 is 0 Å². The number of carbonyl (C=O) groups excluding carboxylic acids is 1. The Hall–Kier alpha value is -2.81. The van der Waals surface area contributed by atoms with E-state index in [1.54, 1.807) is 10.9 Å². The monoisotopic (exact) mass is 341 g/mol. The number of aromatic nitrogens is 5. The molecular formula is C15H15N7OS. The van der Waals surface area contributed by atoms with Crippen LogP contribution in [0.5, 0.6) is 0 Å². The molecule has 1 saturated heterocycles. The van der Waals surface area contributed by atoms with E-state index in [2.05, 4.69) is 29.7 Å². The number of aryl methyl sites for hydroxylation is 1. The fraction of sp³-hybridized carbons (Fsp3) is 0.267. The fourth-order valence-corrected chi connectivity index (χ4v) is 3.18. The van der Waals surface area contributed by atoms with Crippen LogP contribution in [-0.4, -0.2) is 43.1 Å². The Kier molecular flexibility index (Phi) is 3.69. The molecule has 9 heteroatoms. The highest BCUT2D eigenvalue weighted by Crippen LogP contribution is 2.25. The Morgan fingerprint density at radius 2 is 2.12 bits per heavy atom. The van der Waals surface area contributed by atoms with Crippen molar-refractivity contribution in [3.05, 3.63) is 42.6 Å². The maximum Gasteiger partial charge on any atom is 0.231 e. The van der Waals surface area contributed by atoms with Crippen molar-refractivity contribution in [3.8, 4) is 5.82 Å². The van der Waals surface area contributed by atoms with E-state index in [1.807, 2.05) is 31.3 Å². The SMILES string of the molecule is Cc1cc(NC(=O)C2CN(c3cc(-n4cccn4)ncn3)C2)sn1. The van der Waals surface area contributed by atoms with Crippen molar-refractivity contribution in [1.82, 2.24) is 24.1 Å². The van der Waals surface area contributed by atoms with Crippen LogP contribution in [0.4, 0.5) is 10.8 Å². The molecular weight excluding hydrogens is 326 g/mol. The summed E-state index contributed by atoms with van der Waals surface area (Å²) in [5, 5.41) is 7.87. The van der Waals surface area contributed by atoms with Crippen LogP contribution in [0.25, 0.3) is 5.82 Å². The first-order valence-corrected chi connectivity index (χ1v) is 8.27. The van der Waals surface area contributed by atoms with Crippen molar-refractivity contribution in [2.45, 2.75) is 6.92 Å². The zero-order valence-corrected chi connectivity index (χ0v) is 13.8. The van der Waals surface area contributed by atoms with Crippen molar-refractivity contribution >= 4 is 28.3 Å². The van der Waals surface area contributed by atoms with Gasteiger partial charge < -0.3 is 10.2 Å². The summed E-state index contributed by atoms with van der Waals surface area (Å²) in [6.07, 6.45) is 5.04. The fourth-order valence-electron chi connectivity index (χ4n) is 2.52. The van der Waals surface area contributed by atoms with Crippen LogP contribution in [0.3, 0.4) is 0 Å². The van der Waals surface area contributed by atoms with Crippen LogP contribution in [-0.2, 0) is 4.79 Å². The number of carbonyl (C=O) groups is 1. The summed E-state index contributed by atoms with van der Waals surface area (Å²) in [4.78, 5) is 22.8. The van der Waals surface area contributed by atoms with E-state index < -0.39 is 0 Å². The summed E-state index contributed by atoms with van der Waals surface area (Å²) < 4.78 is 5.84. The lowest BCUT2D eigenvalue weighted by molar-refractivity contribution is -0.120. The largest absolute Gasteiger partial charge is 0.355 e. The lowest BCUT2D eigenvalue weighted by atomic mass is 9.99. The van der Waals surface area contributed by atoms with E-state index in [-0.39, 0.29) is 11.8 Å². The zero-order valence-electron chi connectivity index (χ0n) is 13.0. The summed E-state index contributed by atoms with van der Waals surface area (Å²) in [7, 11) is 0. The first-order chi connectivity index (χ1) is 11.7. The third kappa shape index (κ3) is 2.85. The Balaban J connectivity index is 1.39. The second-order valence-corrected chi connectivity index (χ2v) is 6.41. The number of anilines is 2. The van der Waals surface area contributed by atoms with Crippen molar-refractivity contribution in [1.29, 1.82) is 0 Å². The van der Waals surface area contributed by atoms with Crippen molar-refractivity contribution < 1.29 is 4.79 Å². The summed E-state index contributed by atoms with van der Waals surface area (Å²) in [6.45, 7) is 3.18. The maximum absolute atomic E-state index is 12.2. The molecule has 0 radical (unpaired) electrons. The van der Waals surface area contributed by atoms with Crippen LogP contribution in [0.2, 0.25) is 0 Å². The molecule has 1 amide bonds. The van der Waals surface area contributed by atoms with Crippen molar-refractivity contribution in [2.24, 2.45) is 5.92 Å². The highest BCUT2D eigenvalue weighted by Gasteiger charge is 2.34. The summed E-state index contributed by atoms with van der Waals surface area (Å²) in [5.74, 6) is 1.48. The number of nitrogens with zero attached hydrogens (tertiary/aromatic N) is 6. The van der Waals surface area contributed by atoms with Crippen LogP contribution in [0, 0.1) is 12.8 Å². The molecule has 4 rings (SSSR count). The van der Waals surface area contributed by atoms with E-state index in [4.69, 9.17) is 0 Å². The number of rotatable bonds is 4. The third-order valence-electron chi connectivity index (χ3n) is 3.83. The topological polar surface area (TPSA) is 88.8 Å². The van der Waals surface area contributed by atoms with Crippen molar-refractivity contribution in [3.63, 3.8) is 0 Å². The van der Waals surface area contributed by atoms with Gasteiger partial charge in [0.1, 0.15) is 17.1 Å². The molecule has 0 spiro atoms. The summed E-state index contributed by atoms with van der Waals surface area (Å²) in [6, 6.07) is 5.58. The van der Waals surface area contributed by atoms with Crippen molar-refractivity contribution in [2.75, 3.05) is 23.3 Å². The second kappa shape index (κ2) is 6.00. The van der Waals surface area contributed by atoms with Gasteiger partial charge in [-0.3, -0.25) is 4.79 Å². The molecule has 0 unspecified atom stereocenters. The third-order valence-corrected chi connectivity index (χ3v) is 4.62. The summed E-state index contributed by atoms with van der Waals surface area (Å²) in [5.41, 5.74) is 0.915. The predicted molar refractivity (Wildman–Crippen MR) is 90.3 cm³/mol. The Morgan fingerprint density at radius 1 is 1.29 bits per heavy atom. The minimum Gasteiger partial charge on any atom is -0.355 e. The Labute approximate surface area is 142 Å². The number of amides is 1. The van der Waals surface area contributed by atoms with Gasteiger partial charge in [-0.2, -0.15) is 9.47 Å². The van der Waals surface area contributed by atoms with Gasteiger partial charge in [-0.05, 0) is 30.6 Å². The van der Waals surface area contributed by atoms with Crippen LogP contribution < -0.4 is 10.2 Å². The van der Waals surface area contributed by atoms with Crippen LogP contribution >= 0.6 is 11.5 Å². The van der Waals surface area contributed by atoms with Gasteiger partial charge in [-0.15, -0.1) is 0 Å². The van der Waals surface area contributed by atoms with Crippen LogP contribution in [0.1, 0.15) is 5.69 Å². The first kappa shape index (κ1) is 14.8. The van der Waals surface area contributed by atoms with Crippen LogP contribution in [0.15, 0.2) is 36.9 Å². The van der Waals surface area contributed by atoms with E-state index in [0.29, 0.717) is 18.9 Å². The molecule has 1 aliphatic rings. The molecule has 8 nitrogen and oxygen atoms in total. The standard InChI is InChI=1S/C15H15N7OS/c1-10-5-14(24-20-10)19-15(23)11-7-21(8-11)12-6-13(17-9-16-12)22-4-2-3-18-22/h2-6,9,11H,7-8H2,1H3,(H,19,23). The summed E-state index contributed by atoms with van der Waals surface area (Å²) >= 11 is 1.30. The lowest BCUT2D eigenvalue weighted by Gasteiger charge is -2.38. The van der Waals surface area contributed by atoms with Gasteiger partial charge in [-0.25, -0.2) is 14.6 Å². The zero-order chi connectivity index (χ0) is 16.5. The molecule has 4 heterocycles. The number of hydrogen-bond acceptors (Lipinski definition) is 7. The van der Waals surface area contributed by atoms with Gasteiger partial charge in [0, 0.05) is 31.5 Å². The second-order valence-electron chi connectivity index (χ2n) is 5.61. The van der Waals surface area contributed by atoms with Gasteiger partial charge in [0.25, 0.3) is 0 Å². The van der Waals surface area contributed by atoms with E-state index in [9.17, 15) is 4.79 Å². The smallest absolute Gasteiger partial charge is 0.231 e. The van der Waals surface area contributed by atoms with E-state index in [0.717, 1.165) is 16.5 Å². The molecule has 0 bridgehead atoms. The quantitative estimate of drug-likeness (QED) is 0.774. The molecule has 0 aromatic carbocycles. The molecule has 24 heavy (non-hydrogen) atoms. The molecule has 0 aliphatic carbocycles. The Morgan fingerprint density at radius 3 is 2.83 bits per heavy atom. The normalized spacial score (nSPS) is 14.5.